The first-order chi connectivity index (χ1) is 11.5. The molecule has 4 heteroatoms. The number of carbonyl (C=O) groups excluding carboxylic acids is 1. The number of halogens is 1. The predicted octanol–water partition coefficient (Wildman–Crippen LogP) is 3.77. The number of amides is 1. The molecule has 0 aliphatic carbocycles. The predicted molar refractivity (Wildman–Crippen MR) is 94.9 cm³/mol. The summed E-state index contributed by atoms with van der Waals surface area (Å²) in [4.78, 5) is 14.3. The molecule has 2 aromatic rings. The van der Waals surface area contributed by atoms with Gasteiger partial charge in [-0.25, -0.2) is 4.39 Å². The summed E-state index contributed by atoms with van der Waals surface area (Å²) in [5.41, 5.74) is 2.09. The van der Waals surface area contributed by atoms with Gasteiger partial charge in [0.1, 0.15) is 5.82 Å². The lowest BCUT2D eigenvalue weighted by Crippen LogP contribution is -2.38. The van der Waals surface area contributed by atoms with Crippen LogP contribution in [-0.2, 0) is 11.3 Å². The van der Waals surface area contributed by atoms with Gasteiger partial charge in [-0.05, 0) is 36.2 Å². The molecule has 2 rings (SSSR count). The largest absolute Gasteiger partial charge is 0.348 e. The number of hydrogen-bond donors (Lipinski definition) is 1. The van der Waals surface area contributed by atoms with Gasteiger partial charge in [-0.15, -0.1) is 0 Å². The minimum absolute atomic E-state index is 0.00192. The highest BCUT2D eigenvalue weighted by Gasteiger charge is 2.18. The topological polar surface area (TPSA) is 32.3 Å². The van der Waals surface area contributed by atoms with Gasteiger partial charge in [-0.3, -0.25) is 9.69 Å². The van der Waals surface area contributed by atoms with Crippen molar-refractivity contribution >= 4 is 5.91 Å². The molecule has 24 heavy (non-hydrogen) atoms. The maximum absolute atomic E-state index is 12.9. The molecule has 0 aromatic heterocycles. The van der Waals surface area contributed by atoms with Gasteiger partial charge < -0.3 is 5.32 Å². The zero-order valence-electron chi connectivity index (χ0n) is 14.5. The molecule has 0 radical (unpaired) electrons. The lowest BCUT2D eigenvalue weighted by atomic mass is 9.96. The van der Waals surface area contributed by atoms with E-state index in [-0.39, 0.29) is 17.8 Å². The first kappa shape index (κ1) is 18.1. The summed E-state index contributed by atoms with van der Waals surface area (Å²) < 4.78 is 12.9. The van der Waals surface area contributed by atoms with E-state index in [2.05, 4.69) is 19.2 Å². The molecular weight excluding hydrogens is 303 g/mol. The zero-order chi connectivity index (χ0) is 17.5. The summed E-state index contributed by atoms with van der Waals surface area (Å²) in [6.45, 7) is 5.10. The number of nitrogens with zero attached hydrogens (tertiary/aromatic N) is 1. The Bertz CT molecular complexity index is 640. The molecule has 0 fully saturated rings. The fourth-order valence-corrected chi connectivity index (χ4v) is 2.72. The van der Waals surface area contributed by atoms with Gasteiger partial charge in [0.2, 0.25) is 5.91 Å². The maximum Gasteiger partial charge on any atom is 0.234 e. The van der Waals surface area contributed by atoms with E-state index in [9.17, 15) is 9.18 Å². The number of benzene rings is 2. The molecule has 0 saturated carbocycles. The van der Waals surface area contributed by atoms with Crippen molar-refractivity contribution in [3.05, 3.63) is 71.5 Å². The SMILES string of the molecule is CC(C)C(NC(=O)CN(C)Cc1ccc(F)cc1)c1ccccc1. The Morgan fingerprint density at radius 3 is 2.29 bits per heavy atom. The quantitative estimate of drug-likeness (QED) is 0.839. The van der Waals surface area contributed by atoms with E-state index < -0.39 is 0 Å². The highest BCUT2D eigenvalue weighted by atomic mass is 19.1. The number of likely N-dealkylation sites (N-methyl/N-ethyl adjacent to an activating group) is 1. The third-order valence-electron chi connectivity index (χ3n) is 3.92. The molecule has 0 saturated heterocycles. The second-order valence-electron chi connectivity index (χ2n) is 6.50. The minimum Gasteiger partial charge on any atom is -0.348 e. The molecule has 1 N–H and O–H groups in total. The van der Waals surface area contributed by atoms with Crippen LogP contribution in [0.25, 0.3) is 0 Å². The van der Waals surface area contributed by atoms with Gasteiger partial charge in [-0.2, -0.15) is 0 Å². The second kappa shape index (κ2) is 8.60. The van der Waals surface area contributed by atoms with Gasteiger partial charge in [0.25, 0.3) is 0 Å². The van der Waals surface area contributed by atoms with Crippen molar-refractivity contribution in [2.24, 2.45) is 5.92 Å². The summed E-state index contributed by atoms with van der Waals surface area (Å²) in [6, 6.07) is 16.4. The van der Waals surface area contributed by atoms with Crippen LogP contribution >= 0.6 is 0 Å². The Hall–Kier alpha value is -2.20. The van der Waals surface area contributed by atoms with Crippen LogP contribution in [0.2, 0.25) is 0 Å². The van der Waals surface area contributed by atoms with E-state index in [4.69, 9.17) is 0 Å². The molecule has 0 bridgehead atoms. The highest BCUT2D eigenvalue weighted by molar-refractivity contribution is 5.78. The summed E-state index contributed by atoms with van der Waals surface area (Å²) in [5, 5.41) is 3.12. The zero-order valence-corrected chi connectivity index (χ0v) is 14.5. The fourth-order valence-electron chi connectivity index (χ4n) is 2.72. The third-order valence-corrected chi connectivity index (χ3v) is 3.92. The Morgan fingerprint density at radius 2 is 1.71 bits per heavy atom. The Morgan fingerprint density at radius 1 is 1.08 bits per heavy atom. The van der Waals surface area contributed by atoms with Crippen LogP contribution < -0.4 is 5.32 Å². The minimum atomic E-state index is -0.248. The van der Waals surface area contributed by atoms with Crippen molar-refractivity contribution in [1.29, 1.82) is 0 Å². The van der Waals surface area contributed by atoms with E-state index in [1.54, 1.807) is 12.1 Å². The molecule has 128 valence electrons. The monoisotopic (exact) mass is 328 g/mol. The van der Waals surface area contributed by atoms with Crippen molar-refractivity contribution in [1.82, 2.24) is 10.2 Å². The van der Waals surface area contributed by atoms with Crippen LogP contribution in [0.4, 0.5) is 4.39 Å². The molecule has 2 aromatic carbocycles. The summed E-state index contributed by atoms with van der Waals surface area (Å²) in [5.74, 6) is 0.0442. The highest BCUT2D eigenvalue weighted by Crippen LogP contribution is 2.21. The number of hydrogen-bond acceptors (Lipinski definition) is 2. The van der Waals surface area contributed by atoms with Gasteiger partial charge in [0, 0.05) is 6.54 Å². The average molecular weight is 328 g/mol. The van der Waals surface area contributed by atoms with Crippen molar-refractivity contribution in [3.63, 3.8) is 0 Å². The lowest BCUT2D eigenvalue weighted by molar-refractivity contribution is -0.123. The van der Waals surface area contributed by atoms with Gasteiger partial charge in [0.15, 0.2) is 0 Å². The normalized spacial score (nSPS) is 12.4. The van der Waals surface area contributed by atoms with E-state index in [0.29, 0.717) is 19.0 Å². The molecule has 1 amide bonds. The van der Waals surface area contributed by atoms with E-state index in [1.807, 2.05) is 42.3 Å². The van der Waals surface area contributed by atoms with Crippen molar-refractivity contribution in [2.45, 2.75) is 26.4 Å². The van der Waals surface area contributed by atoms with Crippen molar-refractivity contribution in [2.75, 3.05) is 13.6 Å². The third kappa shape index (κ3) is 5.46. The molecule has 3 nitrogen and oxygen atoms in total. The number of rotatable bonds is 7. The summed E-state index contributed by atoms with van der Waals surface area (Å²) in [7, 11) is 1.88. The van der Waals surface area contributed by atoms with E-state index in [0.717, 1.165) is 11.1 Å². The smallest absolute Gasteiger partial charge is 0.234 e. The van der Waals surface area contributed by atoms with Crippen LogP contribution in [0.5, 0.6) is 0 Å². The second-order valence-corrected chi connectivity index (χ2v) is 6.50. The van der Waals surface area contributed by atoms with E-state index >= 15 is 0 Å². The number of carbonyl (C=O) groups is 1. The van der Waals surface area contributed by atoms with Crippen molar-refractivity contribution < 1.29 is 9.18 Å². The Labute approximate surface area is 143 Å². The standard InChI is InChI=1S/C20H25FN2O/c1-15(2)20(17-7-5-4-6-8-17)22-19(24)14-23(3)13-16-9-11-18(21)12-10-16/h4-12,15,20H,13-14H2,1-3H3,(H,22,24). The molecule has 0 spiro atoms. The van der Waals surface area contributed by atoms with Gasteiger partial charge >= 0.3 is 0 Å². The maximum atomic E-state index is 12.9. The van der Waals surface area contributed by atoms with Crippen LogP contribution in [0.1, 0.15) is 31.0 Å². The van der Waals surface area contributed by atoms with Crippen LogP contribution in [0.15, 0.2) is 54.6 Å². The number of nitrogens with one attached hydrogen (secondary N) is 1. The first-order valence-electron chi connectivity index (χ1n) is 8.23. The van der Waals surface area contributed by atoms with Gasteiger partial charge in [-0.1, -0.05) is 56.3 Å². The Balaban J connectivity index is 1.92. The summed E-state index contributed by atoms with van der Waals surface area (Å²) in [6.07, 6.45) is 0. The Kier molecular flexibility index (Phi) is 6.50. The molecule has 1 unspecified atom stereocenters. The molecule has 1 atom stereocenters. The fraction of sp³-hybridized carbons (Fsp3) is 0.350. The van der Waals surface area contributed by atoms with Crippen LogP contribution in [0, 0.1) is 11.7 Å². The summed E-state index contributed by atoms with van der Waals surface area (Å²) >= 11 is 0. The molecular formula is C20H25FN2O. The van der Waals surface area contributed by atoms with Crippen LogP contribution in [0.3, 0.4) is 0 Å². The average Bonchev–Trinajstić information content (AvgIpc) is 2.55. The molecule has 0 aliphatic heterocycles. The first-order valence-corrected chi connectivity index (χ1v) is 8.23. The molecule has 0 heterocycles. The van der Waals surface area contributed by atoms with Crippen LogP contribution in [-0.4, -0.2) is 24.4 Å². The molecule has 0 aliphatic rings. The van der Waals surface area contributed by atoms with Crippen molar-refractivity contribution in [3.8, 4) is 0 Å². The van der Waals surface area contributed by atoms with Gasteiger partial charge in [0.05, 0.1) is 12.6 Å². The van der Waals surface area contributed by atoms with E-state index in [1.165, 1.54) is 12.1 Å². The lowest BCUT2D eigenvalue weighted by Gasteiger charge is -2.24.